The normalized spacial score (nSPS) is 11.2. The number of nitrogens with two attached hydrogens (primary N) is 1. The summed E-state index contributed by atoms with van der Waals surface area (Å²) in [6.45, 7) is 0.0596. The number of hydrogen-bond donors (Lipinski definition) is 4. The molecule has 0 saturated carbocycles. The molecule has 0 aliphatic carbocycles. The highest BCUT2D eigenvalue weighted by Gasteiger charge is 2.08. The number of sulfonamides is 1. The molecule has 0 unspecified atom stereocenters. The van der Waals surface area contributed by atoms with Gasteiger partial charge in [0.15, 0.2) is 0 Å². The third kappa shape index (κ3) is 4.93. The van der Waals surface area contributed by atoms with Gasteiger partial charge in [-0.25, -0.2) is 18.4 Å². The molecule has 0 aliphatic heterocycles. The van der Waals surface area contributed by atoms with Crippen LogP contribution in [0.3, 0.4) is 0 Å². The Morgan fingerprint density at radius 2 is 2.00 bits per heavy atom. The van der Waals surface area contributed by atoms with Crippen LogP contribution >= 0.6 is 0 Å². The number of primary sulfonamides is 1. The van der Waals surface area contributed by atoms with Gasteiger partial charge in [0.1, 0.15) is 5.69 Å². The minimum absolute atomic E-state index is 0.0596. The number of carbonyl (C=O) groups is 1. The van der Waals surface area contributed by atoms with Gasteiger partial charge in [-0.05, 0) is 6.42 Å². The summed E-state index contributed by atoms with van der Waals surface area (Å²) < 4.78 is 21.2. The molecule has 1 aromatic heterocycles. The summed E-state index contributed by atoms with van der Waals surface area (Å²) in [6, 6.07) is 0.927. The molecule has 10 heteroatoms. The number of carbonyl (C=O) groups excluding carboxylic acids is 1. The number of hydrogen-bond acceptors (Lipinski definition) is 5. The largest absolute Gasteiger partial charge is 0.351 e. The van der Waals surface area contributed by atoms with Crippen molar-refractivity contribution in [3.63, 3.8) is 0 Å². The van der Waals surface area contributed by atoms with E-state index in [1.807, 2.05) is 4.98 Å². The van der Waals surface area contributed by atoms with Crippen molar-refractivity contribution in [3.05, 3.63) is 32.6 Å². The maximum Gasteiger partial charge on any atom is 0.326 e. The second kappa shape index (κ2) is 5.60. The van der Waals surface area contributed by atoms with Crippen molar-refractivity contribution in [2.75, 3.05) is 12.3 Å². The van der Waals surface area contributed by atoms with Crippen LogP contribution in [0, 0.1) is 0 Å². The Hall–Kier alpha value is -1.94. The first-order chi connectivity index (χ1) is 8.28. The highest BCUT2D eigenvalue weighted by molar-refractivity contribution is 7.89. The summed E-state index contributed by atoms with van der Waals surface area (Å²) in [5, 5.41) is 7.11. The summed E-state index contributed by atoms with van der Waals surface area (Å²) in [4.78, 5) is 37.3. The third-order valence-electron chi connectivity index (χ3n) is 1.90. The molecule has 0 saturated heterocycles. The molecule has 0 radical (unpaired) electrons. The maximum absolute atomic E-state index is 11.5. The van der Waals surface area contributed by atoms with Gasteiger partial charge in [-0.3, -0.25) is 14.6 Å². The lowest BCUT2D eigenvalue weighted by atomic mass is 10.3. The topological polar surface area (TPSA) is 155 Å². The van der Waals surface area contributed by atoms with Crippen LogP contribution in [-0.4, -0.2) is 36.6 Å². The summed E-state index contributed by atoms with van der Waals surface area (Å²) in [6.07, 6.45) is 0.137. The molecule has 0 fully saturated rings. The summed E-state index contributed by atoms with van der Waals surface area (Å²) >= 11 is 0. The Kier molecular flexibility index (Phi) is 4.39. The standard InChI is InChI=1S/C8H12N4O5S/c9-18(16,17)3-1-2-10-7(14)5-4-6(13)12-8(15)11-5/h4H,1-3H2,(H,10,14)(H2,9,16,17)(H2,11,12,13,15). The van der Waals surface area contributed by atoms with Crippen molar-refractivity contribution in [1.29, 1.82) is 0 Å². The minimum Gasteiger partial charge on any atom is -0.351 e. The van der Waals surface area contributed by atoms with E-state index in [1.54, 1.807) is 0 Å². The monoisotopic (exact) mass is 276 g/mol. The second-order valence-corrected chi connectivity index (χ2v) is 5.21. The van der Waals surface area contributed by atoms with Crippen LogP contribution in [0.5, 0.6) is 0 Å². The van der Waals surface area contributed by atoms with E-state index in [2.05, 4.69) is 10.3 Å². The van der Waals surface area contributed by atoms with Crippen molar-refractivity contribution < 1.29 is 13.2 Å². The van der Waals surface area contributed by atoms with Crippen molar-refractivity contribution in [1.82, 2.24) is 15.3 Å². The number of amides is 1. The average Bonchev–Trinajstić information content (AvgIpc) is 2.21. The minimum atomic E-state index is -3.56. The van der Waals surface area contributed by atoms with E-state index in [0.29, 0.717) is 0 Å². The van der Waals surface area contributed by atoms with Crippen molar-refractivity contribution in [3.8, 4) is 0 Å². The van der Waals surface area contributed by atoms with Crippen LogP contribution in [-0.2, 0) is 10.0 Å². The Balaban J connectivity index is 2.56. The van der Waals surface area contributed by atoms with E-state index in [9.17, 15) is 22.8 Å². The van der Waals surface area contributed by atoms with Crippen LogP contribution in [0.25, 0.3) is 0 Å². The van der Waals surface area contributed by atoms with E-state index in [1.165, 1.54) is 0 Å². The fraction of sp³-hybridized carbons (Fsp3) is 0.375. The van der Waals surface area contributed by atoms with Crippen LogP contribution in [0.1, 0.15) is 16.9 Å². The molecular formula is C8H12N4O5S. The number of H-pyrrole nitrogens is 2. The zero-order valence-corrected chi connectivity index (χ0v) is 10.0. The highest BCUT2D eigenvalue weighted by atomic mass is 32.2. The van der Waals surface area contributed by atoms with Gasteiger partial charge < -0.3 is 10.3 Å². The zero-order chi connectivity index (χ0) is 13.8. The maximum atomic E-state index is 11.5. The quantitative estimate of drug-likeness (QED) is 0.436. The lowest BCUT2D eigenvalue weighted by molar-refractivity contribution is 0.0948. The number of nitrogens with one attached hydrogen (secondary N) is 3. The van der Waals surface area contributed by atoms with Crippen LogP contribution in [0.2, 0.25) is 0 Å². The predicted octanol–water partition coefficient (Wildman–Crippen LogP) is -2.53. The Morgan fingerprint density at radius 1 is 1.33 bits per heavy atom. The van der Waals surface area contributed by atoms with Crippen molar-refractivity contribution in [2.45, 2.75) is 6.42 Å². The molecule has 100 valence electrons. The molecule has 1 amide bonds. The van der Waals surface area contributed by atoms with Gasteiger partial charge in [0.2, 0.25) is 10.0 Å². The van der Waals surface area contributed by atoms with Crippen molar-refractivity contribution in [2.24, 2.45) is 5.14 Å². The fourth-order valence-electron chi connectivity index (χ4n) is 1.16. The van der Waals surface area contributed by atoms with E-state index >= 15 is 0 Å². The number of aromatic amines is 2. The van der Waals surface area contributed by atoms with Gasteiger partial charge in [0.25, 0.3) is 11.5 Å². The van der Waals surface area contributed by atoms with Gasteiger partial charge in [0.05, 0.1) is 5.75 Å². The molecule has 0 spiro atoms. The predicted molar refractivity (Wildman–Crippen MR) is 62.6 cm³/mol. The average molecular weight is 276 g/mol. The Morgan fingerprint density at radius 3 is 2.56 bits per heavy atom. The van der Waals surface area contributed by atoms with E-state index < -0.39 is 27.2 Å². The Bertz CT molecular complexity index is 616. The van der Waals surface area contributed by atoms with Gasteiger partial charge in [-0.15, -0.1) is 0 Å². The zero-order valence-electron chi connectivity index (χ0n) is 9.23. The second-order valence-electron chi connectivity index (χ2n) is 3.48. The van der Waals surface area contributed by atoms with Gasteiger partial charge in [-0.2, -0.15) is 0 Å². The molecule has 0 atom stereocenters. The van der Waals surface area contributed by atoms with E-state index in [4.69, 9.17) is 5.14 Å². The molecule has 9 nitrogen and oxygen atoms in total. The molecule has 18 heavy (non-hydrogen) atoms. The molecule has 0 aliphatic rings. The summed E-state index contributed by atoms with van der Waals surface area (Å²) in [5.74, 6) is -0.938. The summed E-state index contributed by atoms with van der Waals surface area (Å²) in [5.41, 5.74) is -1.69. The smallest absolute Gasteiger partial charge is 0.326 e. The third-order valence-corrected chi connectivity index (χ3v) is 2.75. The fourth-order valence-corrected chi connectivity index (χ4v) is 1.71. The molecule has 1 aromatic rings. The van der Waals surface area contributed by atoms with E-state index in [-0.39, 0.29) is 24.4 Å². The lowest BCUT2D eigenvalue weighted by Crippen LogP contribution is -2.32. The summed E-state index contributed by atoms with van der Waals surface area (Å²) in [7, 11) is -3.56. The van der Waals surface area contributed by atoms with Crippen LogP contribution in [0.4, 0.5) is 0 Å². The van der Waals surface area contributed by atoms with Crippen LogP contribution in [0.15, 0.2) is 15.7 Å². The molecule has 0 aromatic carbocycles. The van der Waals surface area contributed by atoms with Crippen molar-refractivity contribution >= 4 is 15.9 Å². The first-order valence-electron chi connectivity index (χ1n) is 4.90. The van der Waals surface area contributed by atoms with Crippen LogP contribution < -0.4 is 21.7 Å². The molecule has 1 rings (SSSR count). The molecule has 1 heterocycles. The SMILES string of the molecule is NS(=O)(=O)CCCNC(=O)c1cc(=O)[nH]c(=O)[nH]1. The van der Waals surface area contributed by atoms with Gasteiger partial charge in [0, 0.05) is 12.6 Å². The number of rotatable bonds is 5. The number of aromatic nitrogens is 2. The van der Waals surface area contributed by atoms with Gasteiger partial charge in [-0.1, -0.05) is 0 Å². The lowest BCUT2D eigenvalue weighted by Gasteiger charge is -2.03. The highest BCUT2D eigenvalue weighted by Crippen LogP contribution is 1.88. The molecule has 0 bridgehead atoms. The van der Waals surface area contributed by atoms with E-state index in [0.717, 1.165) is 6.07 Å². The Labute approximate surface area is 101 Å². The first kappa shape index (κ1) is 14.1. The molecular weight excluding hydrogens is 264 g/mol. The molecule has 5 N–H and O–H groups in total. The van der Waals surface area contributed by atoms with Gasteiger partial charge >= 0.3 is 5.69 Å². The first-order valence-corrected chi connectivity index (χ1v) is 6.62.